The summed E-state index contributed by atoms with van der Waals surface area (Å²) in [6.45, 7) is 0. The maximum Gasteiger partial charge on any atom is 0.327 e. The Kier molecular flexibility index (Phi) is 1.06. The second kappa shape index (κ2) is 1.91. The standard InChI is InChI=1S/C6H5N3O2/c10-5-3-1-2-7-4(3)8-6(11)9-5/h2H,1H2,(H2,8,9,10,11). The quantitative estimate of drug-likeness (QED) is 0.515. The average Bonchev–Trinajstić information content (AvgIpc) is 2.34. The molecule has 0 bridgehead atoms. The first-order chi connectivity index (χ1) is 5.27. The van der Waals surface area contributed by atoms with Gasteiger partial charge in [-0.15, -0.1) is 0 Å². The Morgan fingerprint density at radius 2 is 2.18 bits per heavy atom. The highest BCUT2D eigenvalue weighted by Crippen LogP contribution is 2.13. The number of aromatic nitrogens is 2. The van der Waals surface area contributed by atoms with Gasteiger partial charge in [0, 0.05) is 12.6 Å². The van der Waals surface area contributed by atoms with E-state index in [1.165, 1.54) is 0 Å². The smallest absolute Gasteiger partial charge is 0.292 e. The lowest BCUT2D eigenvalue weighted by Gasteiger charge is -1.91. The molecule has 2 rings (SSSR count). The van der Waals surface area contributed by atoms with Crippen molar-refractivity contribution >= 4 is 12.0 Å². The molecule has 0 radical (unpaired) electrons. The number of nitrogens with zero attached hydrogens (tertiary/aromatic N) is 1. The molecule has 11 heavy (non-hydrogen) atoms. The zero-order valence-corrected chi connectivity index (χ0v) is 5.55. The van der Waals surface area contributed by atoms with E-state index < -0.39 is 5.69 Å². The van der Waals surface area contributed by atoms with Gasteiger partial charge in [-0.1, -0.05) is 0 Å². The molecule has 56 valence electrons. The maximum absolute atomic E-state index is 11.0. The van der Waals surface area contributed by atoms with Gasteiger partial charge in [-0.2, -0.15) is 0 Å². The van der Waals surface area contributed by atoms with Crippen LogP contribution < -0.4 is 11.2 Å². The van der Waals surface area contributed by atoms with E-state index in [0.29, 0.717) is 17.8 Å². The molecule has 0 aromatic carbocycles. The van der Waals surface area contributed by atoms with Crippen molar-refractivity contribution in [2.75, 3.05) is 0 Å². The molecule has 2 N–H and O–H groups in total. The maximum atomic E-state index is 11.0. The van der Waals surface area contributed by atoms with Crippen molar-refractivity contribution in [1.82, 2.24) is 9.97 Å². The van der Waals surface area contributed by atoms with E-state index >= 15 is 0 Å². The van der Waals surface area contributed by atoms with Gasteiger partial charge in [0.05, 0.1) is 5.56 Å². The Bertz CT molecular complexity index is 426. The van der Waals surface area contributed by atoms with Crippen LogP contribution in [0.3, 0.4) is 0 Å². The molecule has 5 heteroatoms. The van der Waals surface area contributed by atoms with E-state index in [0.717, 1.165) is 0 Å². The summed E-state index contributed by atoms with van der Waals surface area (Å²) in [4.78, 5) is 30.0. The van der Waals surface area contributed by atoms with Crippen LogP contribution in [0, 0.1) is 0 Å². The van der Waals surface area contributed by atoms with Gasteiger partial charge < -0.3 is 0 Å². The van der Waals surface area contributed by atoms with E-state index in [4.69, 9.17) is 0 Å². The molecule has 0 saturated carbocycles. The van der Waals surface area contributed by atoms with Gasteiger partial charge in [-0.3, -0.25) is 14.8 Å². The predicted molar refractivity (Wildman–Crippen MR) is 39.5 cm³/mol. The molecule has 0 amide bonds. The van der Waals surface area contributed by atoms with E-state index in [1.807, 2.05) is 0 Å². The number of aliphatic imine (C=N–C) groups is 1. The molecule has 1 aromatic heterocycles. The van der Waals surface area contributed by atoms with E-state index in [-0.39, 0.29) is 5.56 Å². The topological polar surface area (TPSA) is 78.1 Å². The molecule has 0 fully saturated rings. The monoisotopic (exact) mass is 151 g/mol. The predicted octanol–water partition coefficient (Wildman–Crippen LogP) is -0.678. The van der Waals surface area contributed by atoms with Crippen LogP contribution in [-0.4, -0.2) is 16.2 Å². The third-order valence-electron chi connectivity index (χ3n) is 1.53. The number of rotatable bonds is 0. The highest BCUT2D eigenvalue weighted by Gasteiger charge is 2.10. The molecule has 0 unspecified atom stereocenters. The molecule has 1 aliphatic rings. The van der Waals surface area contributed by atoms with Crippen LogP contribution in [0.15, 0.2) is 14.6 Å². The Morgan fingerprint density at radius 3 is 3.00 bits per heavy atom. The molecular formula is C6H5N3O2. The van der Waals surface area contributed by atoms with Crippen molar-refractivity contribution in [3.63, 3.8) is 0 Å². The number of hydrogen-bond acceptors (Lipinski definition) is 3. The summed E-state index contributed by atoms with van der Waals surface area (Å²) < 4.78 is 0. The highest BCUT2D eigenvalue weighted by molar-refractivity contribution is 5.72. The summed E-state index contributed by atoms with van der Waals surface area (Å²) >= 11 is 0. The molecule has 1 aromatic rings. The summed E-state index contributed by atoms with van der Waals surface area (Å²) in [6.07, 6.45) is 2.09. The molecule has 0 saturated heterocycles. The summed E-state index contributed by atoms with van der Waals surface area (Å²) in [5.74, 6) is 0.388. The van der Waals surface area contributed by atoms with Crippen LogP contribution in [0.2, 0.25) is 0 Å². The zero-order valence-electron chi connectivity index (χ0n) is 5.55. The van der Waals surface area contributed by atoms with E-state index in [9.17, 15) is 9.59 Å². The molecule has 5 nitrogen and oxygen atoms in total. The number of H-pyrrole nitrogens is 2. The molecule has 0 aliphatic carbocycles. The van der Waals surface area contributed by atoms with Crippen LogP contribution in [0.25, 0.3) is 0 Å². The largest absolute Gasteiger partial charge is 0.327 e. The first-order valence-corrected chi connectivity index (χ1v) is 3.15. The Hall–Kier alpha value is -1.65. The third kappa shape index (κ3) is 0.813. The molecule has 1 aliphatic heterocycles. The lowest BCUT2D eigenvalue weighted by Crippen LogP contribution is -2.23. The van der Waals surface area contributed by atoms with Crippen LogP contribution in [-0.2, 0) is 6.42 Å². The van der Waals surface area contributed by atoms with Gasteiger partial charge in [-0.25, -0.2) is 9.79 Å². The van der Waals surface area contributed by atoms with Crippen molar-refractivity contribution in [3.8, 4) is 0 Å². The minimum atomic E-state index is -0.507. The van der Waals surface area contributed by atoms with E-state index in [1.54, 1.807) is 6.21 Å². The summed E-state index contributed by atoms with van der Waals surface area (Å²) in [6, 6.07) is 0. The van der Waals surface area contributed by atoms with Gasteiger partial charge in [0.15, 0.2) is 0 Å². The molecular weight excluding hydrogens is 146 g/mol. The summed E-state index contributed by atoms with van der Waals surface area (Å²) in [5.41, 5.74) is -0.321. The first kappa shape index (κ1) is 6.09. The fourth-order valence-corrected chi connectivity index (χ4v) is 1.03. The second-order valence-corrected chi connectivity index (χ2v) is 2.25. The molecule has 2 heterocycles. The lowest BCUT2D eigenvalue weighted by molar-refractivity contribution is 1.01. The normalized spacial score (nSPS) is 13.5. The number of nitrogens with one attached hydrogen (secondary N) is 2. The third-order valence-corrected chi connectivity index (χ3v) is 1.53. The molecule has 0 atom stereocenters. The zero-order chi connectivity index (χ0) is 7.84. The SMILES string of the molecule is O=c1[nH]c2c(c(=O)[nH]1)CC=N2. The van der Waals surface area contributed by atoms with Crippen molar-refractivity contribution in [2.24, 2.45) is 4.99 Å². The lowest BCUT2D eigenvalue weighted by atomic mass is 10.3. The Balaban J connectivity index is 2.87. The van der Waals surface area contributed by atoms with Crippen molar-refractivity contribution in [3.05, 3.63) is 26.4 Å². The van der Waals surface area contributed by atoms with Crippen molar-refractivity contribution in [2.45, 2.75) is 6.42 Å². The van der Waals surface area contributed by atoms with Crippen LogP contribution >= 0.6 is 0 Å². The van der Waals surface area contributed by atoms with Gasteiger partial charge in [-0.05, 0) is 0 Å². The summed E-state index contributed by atoms with van der Waals surface area (Å²) in [7, 11) is 0. The van der Waals surface area contributed by atoms with Crippen LogP contribution in [0.1, 0.15) is 5.56 Å². The van der Waals surface area contributed by atoms with Gasteiger partial charge >= 0.3 is 5.69 Å². The minimum Gasteiger partial charge on any atom is -0.292 e. The average molecular weight is 151 g/mol. The van der Waals surface area contributed by atoms with Crippen molar-refractivity contribution < 1.29 is 0 Å². The summed E-state index contributed by atoms with van der Waals surface area (Å²) in [5, 5.41) is 0. The fraction of sp³-hybridized carbons (Fsp3) is 0.167. The van der Waals surface area contributed by atoms with Gasteiger partial charge in [0.25, 0.3) is 5.56 Å². The minimum absolute atomic E-state index is 0.346. The number of fused-ring (bicyclic) bond motifs is 1. The second-order valence-electron chi connectivity index (χ2n) is 2.25. The fourth-order valence-electron chi connectivity index (χ4n) is 1.03. The highest BCUT2D eigenvalue weighted by atomic mass is 16.2. The van der Waals surface area contributed by atoms with Crippen LogP contribution in [0.4, 0.5) is 5.82 Å². The van der Waals surface area contributed by atoms with E-state index in [2.05, 4.69) is 15.0 Å². The first-order valence-electron chi connectivity index (χ1n) is 3.15. The Morgan fingerprint density at radius 1 is 1.36 bits per heavy atom. The van der Waals surface area contributed by atoms with Gasteiger partial charge in [0.1, 0.15) is 5.82 Å². The van der Waals surface area contributed by atoms with Crippen LogP contribution in [0.5, 0.6) is 0 Å². The van der Waals surface area contributed by atoms with Gasteiger partial charge in [0.2, 0.25) is 0 Å². The number of aromatic amines is 2. The Labute approximate surface area is 60.8 Å². The molecule has 0 spiro atoms. The number of hydrogen-bond donors (Lipinski definition) is 2. The van der Waals surface area contributed by atoms with Crippen molar-refractivity contribution in [1.29, 1.82) is 0 Å².